The molecule has 1 aromatic rings. The van der Waals surface area contributed by atoms with Gasteiger partial charge in [-0.3, -0.25) is 9.48 Å². The predicted molar refractivity (Wildman–Crippen MR) is 82.2 cm³/mol. The Bertz CT molecular complexity index is 452. The lowest BCUT2D eigenvalue weighted by molar-refractivity contribution is -0.117. The van der Waals surface area contributed by atoms with E-state index in [4.69, 9.17) is 4.74 Å². The van der Waals surface area contributed by atoms with Crippen LogP contribution in [-0.2, 0) is 16.1 Å². The molecule has 6 nitrogen and oxygen atoms in total. The standard InChI is InChI=1S/C15H26N4O2/c1-16-15(6-4-3-5-7-15)10-14(20)18-13-11-17-19(12-13)8-9-21-2/h11-12,16H,3-10H2,1-2H3,(H,18,20). The van der Waals surface area contributed by atoms with E-state index < -0.39 is 0 Å². The molecule has 0 bridgehead atoms. The van der Waals surface area contributed by atoms with E-state index in [-0.39, 0.29) is 11.4 Å². The number of amides is 1. The minimum atomic E-state index is -0.0334. The zero-order chi connectivity index (χ0) is 15.1. The minimum absolute atomic E-state index is 0.0334. The van der Waals surface area contributed by atoms with Crippen LogP contribution in [0.15, 0.2) is 12.4 Å². The Labute approximate surface area is 126 Å². The Morgan fingerprint density at radius 3 is 2.86 bits per heavy atom. The van der Waals surface area contributed by atoms with Crippen LogP contribution >= 0.6 is 0 Å². The van der Waals surface area contributed by atoms with Gasteiger partial charge in [0, 0.05) is 25.3 Å². The Kier molecular flexibility index (Phi) is 5.76. The zero-order valence-corrected chi connectivity index (χ0v) is 13.0. The van der Waals surface area contributed by atoms with Crippen LogP contribution < -0.4 is 10.6 Å². The molecule has 21 heavy (non-hydrogen) atoms. The van der Waals surface area contributed by atoms with Crippen LogP contribution in [0.4, 0.5) is 5.69 Å². The number of nitrogens with one attached hydrogen (secondary N) is 2. The number of hydrogen-bond donors (Lipinski definition) is 2. The van der Waals surface area contributed by atoms with Crippen LogP contribution in [0.2, 0.25) is 0 Å². The van der Waals surface area contributed by atoms with Gasteiger partial charge in [0.05, 0.1) is 25.0 Å². The summed E-state index contributed by atoms with van der Waals surface area (Å²) in [6.07, 6.45) is 9.86. The van der Waals surface area contributed by atoms with E-state index in [2.05, 4.69) is 15.7 Å². The van der Waals surface area contributed by atoms with Gasteiger partial charge in [-0.25, -0.2) is 0 Å². The lowest BCUT2D eigenvalue weighted by Gasteiger charge is -2.36. The molecule has 6 heteroatoms. The Morgan fingerprint density at radius 2 is 2.19 bits per heavy atom. The van der Waals surface area contributed by atoms with Crippen molar-refractivity contribution in [2.45, 2.75) is 50.6 Å². The third-order valence-electron chi connectivity index (χ3n) is 4.28. The van der Waals surface area contributed by atoms with Crippen molar-refractivity contribution < 1.29 is 9.53 Å². The normalized spacial score (nSPS) is 17.6. The maximum absolute atomic E-state index is 12.3. The van der Waals surface area contributed by atoms with Crippen molar-refractivity contribution in [2.75, 3.05) is 26.1 Å². The maximum Gasteiger partial charge on any atom is 0.226 e. The highest BCUT2D eigenvalue weighted by Crippen LogP contribution is 2.30. The molecule has 118 valence electrons. The van der Waals surface area contributed by atoms with Crippen molar-refractivity contribution in [2.24, 2.45) is 0 Å². The molecule has 0 atom stereocenters. The van der Waals surface area contributed by atoms with Crippen molar-refractivity contribution in [3.63, 3.8) is 0 Å². The number of aromatic nitrogens is 2. The monoisotopic (exact) mass is 294 g/mol. The molecule has 1 saturated carbocycles. The number of carbonyl (C=O) groups is 1. The summed E-state index contributed by atoms with van der Waals surface area (Å²) in [6, 6.07) is 0. The molecule has 0 aliphatic heterocycles. The van der Waals surface area contributed by atoms with Crippen molar-refractivity contribution in [1.29, 1.82) is 0 Å². The molecule has 1 aromatic heterocycles. The molecule has 0 unspecified atom stereocenters. The SMILES string of the molecule is CNC1(CC(=O)Nc2cnn(CCOC)c2)CCCCC1. The summed E-state index contributed by atoms with van der Waals surface area (Å²) in [5.41, 5.74) is 0.715. The third-order valence-corrected chi connectivity index (χ3v) is 4.28. The highest BCUT2D eigenvalue weighted by Gasteiger charge is 2.32. The molecule has 1 fully saturated rings. The average Bonchev–Trinajstić information content (AvgIpc) is 2.93. The number of nitrogens with zero attached hydrogens (tertiary/aromatic N) is 2. The molecule has 1 heterocycles. The highest BCUT2D eigenvalue weighted by atomic mass is 16.5. The fourth-order valence-electron chi connectivity index (χ4n) is 2.99. The van der Waals surface area contributed by atoms with Gasteiger partial charge in [-0.05, 0) is 19.9 Å². The Morgan fingerprint density at radius 1 is 1.43 bits per heavy atom. The first-order valence-corrected chi connectivity index (χ1v) is 7.68. The number of ether oxygens (including phenoxy) is 1. The van der Waals surface area contributed by atoms with Crippen LogP contribution in [0.1, 0.15) is 38.5 Å². The fourth-order valence-corrected chi connectivity index (χ4v) is 2.99. The summed E-state index contributed by atoms with van der Waals surface area (Å²) < 4.78 is 6.78. The van der Waals surface area contributed by atoms with E-state index >= 15 is 0 Å². The topological polar surface area (TPSA) is 68.2 Å². The molecular weight excluding hydrogens is 268 g/mol. The maximum atomic E-state index is 12.3. The largest absolute Gasteiger partial charge is 0.383 e. The lowest BCUT2D eigenvalue weighted by Crippen LogP contribution is -2.47. The smallest absolute Gasteiger partial charge is 0.226 e. The summed E-state index contributed by atoms with van der Waals surface area (Å²) >= 11 is 0. The van der Waals surface area contributed by atoms with Gasteiger partial charge in [-0.2, -0.15) is 5.10 Å². The zero-order valence-electron chi connectivity index (χ0n) is 13.0. The van der Waals surface area contributed by atoms with E-state index in [0.29, 0.717) is 19.6 Å². The minimum Gasteiger partial charge on any atom is -0.383 e. The molecule has 0 aromatic carbocycles. The van der Waals surface area contributed by atoms with Crippen LogP contribution in [0.3, 0.4) is 0 Å². The predicted octanol–water partition coefficient (Wildman–Crippen LogP) is 1.78. The number of methoxy groups -OCH3 is 1. The van der Waals surface area contributed by atoms with Gasteiger partial charge < -0.3 is 15.4 Å². The van der Waals surface area contributed by atoms with Crippen molar-refractivity contribution in [3.8, 4) is 0 Å². The second-order valence-electron chi connectivity index (χ2n) is 5.80. The highest BCUT2D eigenvalue weighted by molar-refractivity contribution is 5.91. The Hall–Kier alpha value is -1.40. The Balaban J connectivity index is 1.87. The van der Waals surface area contributed by atoms with E-state index in [0.717, 1.165) is 18.5 Å². The quantitative estimate of drug-likeness (QED) is 0.804. The summed E-state index contributed by atoms with van der Waals surface area (Å²) in [6.45, 7) is 1.30. The van der Waals surface area contributed by atoms with Crippen LogP contribution in [0.5, 0.6) is 0 Å². The molecule has 2 N–H and O–H groups in total. The van der Waals surface area contributed by atoms with Gasteiger partial charge in [0.2, 0.25) is 5.91 Å². The van der Waals surface area contributed by atoms with Gasteiger partial charge in [0.25, 0.3) is 0 Å². The summed E-state index contributed by atoms with van der Waals surface area (Å²) in [5, 5.41) is 10.5. The average molecular weight is 294 g/mol. The molecule has 2 rings (SSSR count). The van der Waals surface area contributed by atoms with Gasteiger partial charge in [0.15, 0.2) is 0 Å². The van der Waals surface area contributed by atoms with Gasteiger partial charge in [-0.15, -0.1) is 0 Å². The molecule has 0 spiro atoms. The second-order valence-corrected chi connectivity index (χ2v) is 5.80. The first-order chi connectivity index (χ1) is 10.2. The second kappa shape index (κ2) is 7.56. The fraction of sp³-hybridized carbons (Fsp3) is 0.733. The van der Waals surface area contributed by atoms with Crippen LogP contribution in [0, 0.1) is 0 Å². The van der Waals surface area contributed by atoms with Crippen molar-refractivity contribution in [1.82, 2.24) is 15.1 Å². The number of anilines is 1. The van der Waals surface area contributed by atoms with E-state index in [9.17, 15) is 4.79 Å². The first kappa shape index (κ1) is 16.0. The summed E-state index contributed by atoms with van der Waals surface area (Å²) in [4.78, 5) is 12.3. The first-order valence-electron chi connectivity index (χ1n) is 7.68. The third kappa shape index (κ3) is 4.54. The molecule has 1 aliphatic carbocycles. The van der Waals surface area contributed by atoms with Gasteiger partial charge >= 0.3 is 0 Å². The number of carbonyl (C=O) groups excluding carboxylic acids is 1. The van der Waals surface area contributed by atoms with Gasteiger partial charge in [0.1, 0.15) is 0 Å². The molecule has 0 saturated heterocycles. The van der Waals surface area contributed by atoms with Crippen LogP contribution in [-0.4, -0.2) is 42.0 Å². The van der Waals surface area contributed by atoms with Crippen molar-refractivity contribution in [3.05, 3.63) is 12.4 Å². The summed E-state index contributed by atoms with van der Waals surface area (Å²) in [5.74, 6) is 0.0533. The molecule has 1 aliphatic rings. The van der Waals surface area contributed by atoms with Crippen molar-refractivity contribution >= 4 is 11.6 Å². The number of hydrogen-bond acceptors (Lipinski definition) is 4. The lowest BCUT2D eigenvalue weighted by atomic mass is 9.79. The molecule has 0 radical (unpaired) electrons. The van der Waals surface area contributed by atoms with Crippen LogP contribution in [0.25, 0.3) is 0 Å². The van der Waals surface area contributed by atoms with Gasteiger partial charge in [-0.1, -0.05) is 19.3 Å². The van der Waals surface area contributed by atoms with E-state index in [1.165, 1.54) is 19.3 Å². The molecule has 1 amide bonds. The number of rotatable bonds is 7. The van der Waals surface area contributed by atoms with E-state index in [1.807, 2.05) is 13.2 Å². The van der Waals surface area contributed by atoms with E-state index in [1.54, 1.807) is 18.0 Å². The summed E-state index contributed by atoms with van der Waals surface area (Å²) in [7, 11) is 3.62. The molecular formula is C15H26N4O2.